The molecule has 0 aliphatic heterocycles. The minimum absolute atomic E-state index is 0.233. The predicted molar refractivity (Wildman–Crippen MR) is 130 cm³/mol. The van der Waals surface area contributed by atoms with Crippen molar-refractivity contribution in [3.63, 3.8) is 0 Å². The lowest BCUT2D eigenvalue weighted by Crippen LogP contribution is -2.28. The van der Waals surface area contributed by atoms with E-state index in [1.807, 2.05) is 55.6 Å². The van der Waals surface area contributed by atoms with Gasteiger partial charge in [0.05, 0.1) is 5.56 Å². The van der Waals surface area contributed by atoms with E-state index in [9.17, 15) is 9.59 Å². The van der Waals surface area contributed by atoms with Crippen LogP contribution in [0.3, 0.4) is 0 Å². The van der Waals surface area contributed by atoms with Crippen molar-refractivity contribution in [3.05, 3.63) is 82.9 Å². The largest absolute Gasteiger partial charge is 0.350 e. The Balaban J connectivity index is 1.43. The minimum Gasteiger partial charge on any atom is -0.333 e. The van der Waals surface area contributed by atoms with Crippen LogP contribution in [-0.4, -0.2) is 36.5 Å². The first-order valence-corrected chi connectivity index (χ1v) is 11.7. The maximum atomic E-state index is 12.9. The molecule has 0 unspecified atom stereocenters. The molecule has 1 amide bonds. The summed E-state index contributed by atoms with van der Waals surface area (Å²) in [5, 5.41) is 11.2. The van der Waals surface area contributed by atoms with Crippen molar-refractivity contribution in [2.45, 2.75) is 18.4 Å². The van der Waals surface area contributed by atoms with E-state index >= 15 is 0 Å². The van der Waals surface area contributed by atoms with E-state index in [4.69, 9.17) is 4.52 Å². The SMILES string of the molecule is CSc1cccc(NC(=O)Cn2nc3c(-c4nc(-c5ccc(C)cc5)no4)cccn3c2=O)c1. The lowest BCUT2D eigenvalue weighted by molar-refractivity contribution is -0.117. The number of anilines is 1. The number of carbonyl (C=O) groups is 1. The Morgan fingerprint density at radius 3 is 2.74 bits per heavy atom. The molecule has 10 heteroatoms. The molecule has 0 radical (unpaired) electrons. The zero-order chi connectivity index (χ0) is 23.7. The third-order valence-corrected chi connectivity index (χ3v) is 5.95. The third-order valence-electron chi connectivity index (χ3n) is 5.22. The van der Waals surface area contributed by atoms with E-state index in [0.29, 0.717) is 22.7 Å². The van der Waals surface area contributed by atoms with Gasteiger partial charge in [-0.2, -0.15) is 4.98 Å². The van der Waals surface area contributed by atoms with Crippen LogP contribution >= 0.6 is 11.8 Å². The highest BCUT2D eigenvalue weighted by Crippen LogP contribution is 2.25. The number of nitrogens with zero attached hydrogens (tertiary/aromatic N) is 5. The number of aromatic nitrogens is 5. The van der Waals surface area contributed by atoms with Gasteiger partial charge in [-0.15, -0.1) is 16.9 Å². The van der Waals surface area contributed by atoms with Crippen LogP contribution in [0.5, 0.6) is 0 Å². The average molecular weight is 473 g/mol. The summed E-state index contributed by atoms with van der Waals surface area (Å²) >= 11 is 1.58. The van der Waals surface area contributed by atoms with Gasteiger partial charge < -0.3 is 9.84 Å². The molecule has 0 aliphatic carbocycles. The van der Waals surface area contributed by atoms with Crippen LogP contribution in [0, 0.1) is 6.92 Å². The first-order chi connectivity index (χ1) is 16.5. The normalized spacial score (nSPS) is 11.1. The minimum atomic E-state index is -0.442. The first kappa shape index (κ1) is 21.7. The second kappa shape index (κ2) is 8.99. The smallest absolute Gasteiger partial charge is 0.333 e. The topological polar surface area (TPSA) is 107 Å². The molecule has 0 saturated heterocycles. The summed E-state index contributed by atoms with van der Waals surface area (Å²) in [7, 11) is 0. The van der Waals surface area contributed by atoms with Gasteiger partial charge in [-0.05, 0) is 43.5 Å². The quantitative estimate of drug-likeness (QED) is 0.374. The molecule has 0 atom stereocenters. The summed E-state index contributed by atoms with van der Waals surface area (Å²) in [4.78, 5) is 31.0. The second-order valence-electron chi connectivity index (χ2n) is 7.62. The van der Waals surface area contributed by atoms with Crippen LogP contribution in [0.25, 0.3) is 28.5 Å². The number of rotatable bonds is 6. The third kappa shape index (κ3) is 4.23. The zero-order valence-corrected chi connectivity index (χ0v) is 19.2. The fraction of sp³-hybridized carbons (Fsp3) is 0.125. The lowest BCUT2D eigenvalue weighted by Gasteiger charge is -2.06. The molecule has 0 spiro atoms. The van der Waals surface area contributed by atoms with E-state index < -0.39 is 5.69 Å². The van der Waals surface area contributed by atoms with Crippen molar-refractivity contribution < 1.29 is 9.32 Å². The molecular weight excluding hydrogens is 452 g/mol. The second-order valence-corrected chi connectivity index (χ2v) is 8.50. The van der Waals surface area contributed by atoms with Crippen molar-refractivity contribution in [1.29, 1.82) is 0 Å². The van der Waals surface area contributed by atoms with Crippen LogP contribution in [0.4, 0.5) is 5.69 Å². The highest BCUT2D eigenvalue weighted by molar-refractivity contribution is 7.98. The monoisotopic (exact) mass is 472 g/mol. The molecule has 2 aromatic carbocycles. The van der Waals surface area contributed by atoms with Crippen LogP contribution < -0.4 is 11.0 Å². The van der Waals surface area contributed by atoms with Crippen molar-refractivity contribution >= 4 is 29.0 Å². The number of nitrogens with one attached hydrogen (secondary N) is 1. The van der Waals surface area contributed by atoms with Gasteiger partial charge in [0.15, 0.2) is 5.65 Å². The molecule has 0 fully saturated rings. The Hall–Kier alpha value is -4.18. The number of fused-ring (bicyclic) bond motifs is 1. The van der Waals surface area contributed by atoms with Crippen molar-refractivity contribution in [2.75, 3.05) is 11.6 Å². The highest BCUT2D eigenvalue weighted by Gasteiger charge is 2.18. The number of carbonyl (C=O) groups excluding carboxylic acids is 1. The Labute approximate surface area is 198 Å². The Morgan fingerprint density at radius 1 is 1.12 bits per heavy atom. The zero-order valence-electron chi connectivity index (χ0n) is 18.4. The fourth-order valence-electron chi connectivity index (χ4n) is 3.50. The van der Waals surface area contributed by atoms with Gasteiger partial charge >= 0.3 is 5.69 Å². The van der Waals surface area contributed by atoms with E-state index in [1.165, 1.54) is 4.40 Å². The summed E-state index contributed by atoms with van der Waals surface area (Å²) < 4.78 is 7.94. The molecule has 5 aromatic rings. The maximum Gasteiger partial charge on any atom is 0.350 e. The number of pyridine rings is 1. The molecule has 0 bridgehead atoms. The fourth-order valence-corrected chi connectivity index (χ4v) is 3.96. The van der Waals surface area contributed by atoms with Gasteiger partial charge in [-0.3, -0.25) is 4.79 Å². The van der Waals surface area contributed by atoms with Crippen LogP contribution in [0.1, 0.15) is 5.56 Å². The summed E-state index contributed by atoms with van der Waals surface area (Å²) in [5.74, 6) is 0.312. The average Bonchev–Trinajstić information content (AvgIpc) is 3.45. The lowest BCUT2D eigenvalue weighted by atomic mass is 10.1. The number of hydrogen-bond donors (Lipinski definition) is 1. The summed E-state index contributed by atoms with van der Waals surface area (Å²) in [6.07, 6.45) is 3.55. The van der Waals surface area contributed by atoms with Gasteiger partial charge in [0, 0.05) is 22.3 Å². The van der Waals surface area contributed by atoms with Crippen LogP contribution in [-0.2, 0) is 11.3 Å². The van der Waals surface area contributed by atoms with Gasteiger partial charge in [-0.1, -0.05) is 41.1 Å². The Bertz CT molecular complexity index is 1550. The standard InChI is InChI=1S/C24H20N6O3S/c1-15-8-10-16(11-9-15)21-26-23(33-28-21)19-7-4-12-29-22(19)27-30(24(29)32)14-20(31)25-17-5-3-6-18(13-17)34-2/h3-13H,14H2,1-2H3,(H,25,31). The van der Waals surface area contributed by atoms with Gasteiger partial charge in [0.25, 0.3) is 5.89 Å². The molecule has 3 heterocycles. The molecule has 34 heavy (non-hydrogen) atoms. The van der Waals surface area contributed by atoms with Gasteiger partial charge in [0.1, 0.15) is 6.54 Å². The molecule has 170 valence electrons. The molecule has 5 rings (SSSR count). The maximum absolute atomic E-state index is 12.9. The number of amides is 1. The summed E-state index contributed by atoms with van der Waals surface area (Å²) in [6, 6.07) is 18.7. The number of hydrogen-bond acceptors (Lipinski definition) is 7. The van der Waals surface area contributed by atoms with Gasteiger partial charge in [0.2, 0.25) is 11.7 Å². The van der Waals surface area contributed by atoms with E-state index in [2.05, 4.69) is 20.6 Å². The number of thioether (sulfide) groups is 1. The van der Waals surface area contributed by atoms with Crippen molar-refractivity contribution in [3.8, 4) is 22.8 Å². The Kier molecular flexibility index (Phi) is 5.72. The number of benzene rings is 2. The molecular formula is C24H20N6O3S. The first-order valence-electron chi connectivity index (χ1n) is 10.4. The van der Waals surface area contributed by atoms with Crippen LogP contribution in [0.15, 0.2) is 81.1 Å². The molecule has 0 saturated carbocycles. The number of aryl methyl sites for hydroxylation is 1. The molecule has 1 N–H and O–H groups in total. The van der Waals surface area contributed by atoms with E-state index in [0.717, 1.165) is 20.7 Å². The van der Waals surface area contributed by atoms with Crippen molar-refractivity contribution in [1.82, 2.24) is 24.3 Å². The van der Waals surface area contributed by atoms with Crippen molar-refractivity contribution in [2.24, 2.45) is 0 Å². The van der Waals surface area contributed by atoms with Crippen LogP contribution in [0.2, 0.25) is 0 Å². The van der Waals surface area contributed by atoms with E-state index in [-0.39, 0.29) is 18.3 Å². The van der Waals surface area contributed by atoms with E-state index in [1.54, 1.807) is 36.2 Å². The summed E-state index contributed by atoms with van der Waals surface area (Å²) in [5.41, 5.74) is 2.98. The Morgan fingerprint density at radius 2 is 1.94 bits per heavy atom. The summed E-state index contributed by atoms with van der Waals surface area (Å²) in [6.45, 7) is 1.77. The highest BCUT2D eigenvalue weighted by atomic mass is 32.2. The molecule has 3 aromatic heterocycles. The molecule has 9 nitrogen and oxygen atoms in total. The molecule has 0 aliphatic rings. The van der Waals surface area contributed by atoms with Gasteiger partial charge in [-0.25, -0.2) is 13.9 Å². The predicted octanol–water partition coefficient (Wildman–Crippen LogP) is 3.88.